The molecule has 4 N–H and O–H groups in total. The van der Waals surface area contributed by atoms with Gasteiger partial charge in [-0.15, -0.1) is 0 Å². The lowest BCUT2D eigenvalue weighted by atomic mass is 9.83. The summed E-state index contributed by atoms with van der Waals surface area (Å²) in [6.07, 6.45) is 5.81. The molecule has 0 unspecified atom stereocenters. The van der Waals surface area contributed by atoms with Crippen molar-refractivity contribution in [3.05, 3.63) is 65.7 Å². The highest BCUT2D eigenvalue weighted by atomic mass is 16.5. The minimum Gasteiger partial charge on any atom is -0.497 e. The van der Waals surface area contributed by atoms with Gasteiger partial charge >= 0.3 is 0 Å². The van der Waals surface area contributed by atoms with E-state index in [0.29, 0.717) is 29.1 Å². The molecule has 8 heteroatoms. The molecule has 1 saturated heterocycles. The van der Waals surface area contributed by atoms with Gasteiger partial charge in [0.2, 0.25) is 5.91 Å². The van der Waals surface area contributed by atoms with Crippen LogP contribution in [-0.2, 0) is 21.7 Å². The summed E-state index contributed by atoms with van der Waals surface area (Å²) < 4.78 is 5.35. The van der Waals surface area contributed by atoms with E-state index in [1.54, 1.807) is 49.3 Å². The second-order valence-electron chi connectivity index (χ2n) is 9.10. The number of aliphatic hydroxyl groups excluding tert-OH is 1. The number of carbonyl (C=O) groups is 2. The third kappa shape index (κ3) is 4.96. The molecule has 1 fully saturated rings. The highest BCUT2D eigenvalue weighted by molar-refractivity contribution is 6.07. The Morgan fingerprint density at radius 3 is 2.74 bits per heavy atom. The second kappa shape index (κ2) is 10.6. The van der Waals surface area contributed by atoms with Gasteiger partial charge < -0.3 is 30.5 Å². The van der Waals surface area contributed by atoms with Crippen LogP contribution in [0.4, 0.5) is 11.4 Å². The Morgan fingerprint density at radius 1 is 1.31 bits per heavy atom. The summed E-state index contributed by atoms with van der Waals surface area (Å²) in [7, 11) is 1.54. The van der Waals surface area contributed by atoms with E-state index in [-0.39, 0.29) is 25.1 Å². The molecule has 0 saturated carbocycles. The highest BCUT2D eigenvalue weighted by Gasteiger charge is 2.52. The predicted octanol–water partition coefficient (Wildman–Crippen LogP) is 2.69. The molecule has 35 heavy (non-hydrogen) atoms. The molecule has 186 valence electrons. The van der Waals surface area contributed by atoms with Crippen LogP contribution in [0.15, 0.2) is 54.6 Å². The lowest BCUT2D eigenvalue weighted by molar-refractivity contribution is -0.139. The first kappa shape index (κ1) is 24.9. The first-order chi connectivity index (χ1) is 16.9. The summed E-state index contributed by atoms with van der Waals surface area (Å²) in [5.41, 5.74) is 0.938. The molecule has 0 spiro atoms. The first-order valence-electron chi connectivity index (χ1n) is 12.0. The molecule has 2 aromatic rings. The molecule has 2 heterocycles. The van der Waals surface area contributed by atoms with Gasteiger partial charge in [-0.3, -0.25) is 9.59 Å². The van der Waals surface area contributed by atoms with Crippen molar-refractivity contribution in [3.63, 3.8) is 0 Å². The predicted molar refractivity (Wildman–Crippen MR) is 134 cm³/mol. The number of aliphatic hydroxyl groups is 2. The second-order valence-corrected chi connectivity index (χ2v) is 9.10. The number of carbonyl (C=O) groups excluding carboxylic acids is 2. The van der Waals surface area contributed by atoms with Gasteiger partial charge in [0, 0.05) is 23.8 Å². The number of anilines is 2. The highest BCUT2D eigenvalue weighted by Crippen LogP contribution is 2.47. The van der Waals surface area contributed by atoms with Crippen molar-refractivity contribution >= 4 is 23.2 Å². The standard InChI is InChI=1S/C27H33N3O5/c1-18(6-3-4-15-31)27(34)22-16-21(35-2)12-13-24(22)30(26(27)33)17-19-8-10-20(11-9-19)29-25(32)23-7-5-14-28-23/h3,6,8-13,16,18,23,28,31,34H,4-5,7,14-15,17H2,1-2H3,(H,29,32)/b6-3+/t18-,23-,27+/m1/s1. The number of methoxy groups -OCH3 is 1. The number of nitrogens with zero attached hydrogens (tertiary/aromatic N) is 1. The molecule has 0 radical (unpaired) electrons. The smallest absolute Gasteiger partial charge is 0.264 e. The zero-order valence-corrected chi connectivity index (χ0v) is 20.2. The molecular formula is C27H33N3O5. The van der Waals surface area contributed by atoms with Crippen LogP contribution in [0.5, 0.6) is 5.75 Å². The molecule has 2 amide bonds. The molecule has 0 aliphatic carbocycles. The Kier molecular flexibility index (Phi) is 7.54. The van der Waals surface area contributed by atoms with Gasteiger partial charge in [-0.2, -0.15) is 0 Å². The van der Waals surface area contributed by atoms with E-state index in [2.05, 4.69) is 10.6 Å². The minimum absolute atomic E-state index is 0.000250. The molecule has 4 rings (SSSR count). The largest absolute Gasteiger partial charge is 0.497 e. The zero-order valence-electron chi connectivity index (χ0n) is 20.2. The molecule has 8 nitrogen and oxygen atoms in total. The van der Waals surface area contributed by atoms with Crippen LogP contribution >= 0.6 is 0 Å². The van der Waals surface area contributed by atoms with E-state index >= 15 is 0 Å². The van der Waals surface area contributed by atoms with E-state index in [0.717, 1.165) is 24.9 Å². The van der Waals surface area contributed by atoms with Crippen molar-refractivity contribution < 1.29 is 24.5 Å². The number of amides is 2. The van der Waals surface area contributed by atoms with Gasteiger partial charge in [-0.05, 0) is 61.7 Å². The van der Waals surface area contributed by atoms with Crippen molar-refractivity contribution in [2.45, 2.75) is 44.4 Å². The molecular weight excluding hydrogens is 446 g/mol. The summed E-state index contributed by atoms with van der Waals surface area (Å²) in [5.74, 6) is -0.410. The van der Waals surface area contributed by atoms with Gasteiger partial charge in [0.15, 0.2) is 5.60 Å². The van der Waals surface area contributed by atoms with Gasteiger partial charge in [0.25, 0.3) is 5.91 Å². The van der Waals surface area contributed by atoms with Gasteiger partial charge in [0.05, 0.1) is 25.4 Å². The topological polar surface area (TPSA) is 111 Å². The maximum atomic E-state index is 13.6. The fourth-order valence-electron chi connectivity index (χ4n) is 4.74. The Morgan fingerprint density at radius 2 is 2.09 bits per heavy atom. The van der Waals surface area contributed by atoms with Crippen LogP contribution in [0, 0.1) is 5.92 Å². The number of ether oxygens (including phenoxy) is 1. The molecule has 0 bridgehead atoms. The Labute approximate surface area is 205 Å². The van der Waals surface area contributed by atoms with Crippen LogP contribution in [0.2, 0.25) is 0 Å². The van der Waals surface area contributed by atoms with Crippen LogP contribution in [-0.4, -0.2) is 48.3 Å². The van der Waals surface area contributed by atoms with Crippen LogP contribution in [0.25, 0.3) is 0 Å². The molecule has 2 aliphatic heterocycles. The number of benzene rings is 2. The summed E-state index contributed by atoms with van der Waals surface area (Å²) >= 11 is 0. The quantitative estimate of drug-likeness (QED) is 0.412. The SMILES string of the molecule is COc1ccc2c(c1)[C@@](O)([C@H](C)/C=C/CCO)C(=O)N2Cc1ccc(NC(=O)[C@H]2CCCN2)cc1. The third-order valence-electron chi connectivity index (χ3n) is 6.79. The van der Waals surface area contributed by atoms with Crippen molar-refractivity contribution in [3.8, 4) is 5.75 Å². The van der Waals surface area contributed by atoms with E-state index in [1.165, 1.54) is 0 Å². The fraction of sp³-hybridized carbons (Fsp3) is 0.407. The van der Waals surface area contributed by atoms with Crippen molar-refractivity contribution in [1.82, 2.24) is 5.32 Å². The molecule has 2 aromatic carbocycles. The number of rotatable bonds is 9. The van der Waals surface area contributed by atoms with Gasteiger partial charge in [-0.1, -0.05) is 31.2 Å². The third-order valence-corrected chi connectivity index (χ3v) is 6.79. The van der Waals surface area contributed by atoms with E-state index in [1.807, 2.05) is 24.3 Å². The monoisotopic (exact) mass is 479 g/mol. The Hall–Kier alpha value is -3.20. The van der Waals surface area contributed by atoms with Crippen molar-refractivity contribution in [2.24, 2.45) is 5.92 Å². The number of nitrogens with one attached hydrogen (secondary N) is 2. The van der Waals surface area contributed by atoms with Gasteiger partial charge in [0.1, 0.15) is 5.75 Å². The summed E-state index contributed by atoms with van der Waals surface area (Å²) in [6, 6.07) is 12.5. The average molecular weight is 480 g/mol. The first-order valence-corrected chi connectivity index (χ1v) is 12.0. The number of hydrogen-bond donors (Lipinski definition) is 4. The van der Waals surface area contributed by atoms with E-state index < -0.39 is 17.4 Å². The summed E-state index contributed by atoms with van der Waals surface area (Å²) in [4.78, 5) is 27.6. The fourth-order valence-corrected chi connectivity index (χ4v) is 4.74. The zero-order chi connectivity index (χ0) is 25.0. The Bertz CT molecular complexity index is 1090. The minimum atomic E-state index is -1.75. The average Bonchev–Trinajstić information content (AvgIpc) is 3.48. The summed E-state index contributed by atoms with van der Waals surface area (Å²) in [5, 5.41) is 26.9. The van der Waals surface area contributed by atoms with Crippen LogP contribution < -0.4 is 20.3 Å². The number of fused-ring (bicyclic) bond motifs is 1. The maximum absolute atomic E-state index is 13.6. The lowest BCUT2D eigenvalue weighted by Gasteiger charge is -2.27. The van der Waals surface area contributed by atoms with E-state index in [9.17, 15) is 14.7 Å². The molecule has 0 aromatic heterocycles. The molecule has 2 aliphatic rings. The molecule has 3 atom stereocenters. The van der Waals surface area contributed by atoms with Crippen molar-refractivity contribution in [2.75, 3.05) is 30.5 Å². The van der Waals surface area contributed by atoms with Gasteiger partial charge in [-0.25, -0.2) is 0 Å². The van der Waals surface area contributed by atoms with E-state index in [4.69, 9.17) is 9.84 Å². The lowest BCUT2D eigenvalue weighted by Crippen LogP contribution is -2.44. The van der Waals surface area contributed by atoms with Crippen LogP contribution in [0.1, 0.15) is 37.3 Å². The number of hydrogen-bond acceptors (Lipinski definition) is 6. The maximum Gasteiger partial charge on any atom is 0.264 e. The Balaban J connectivity index is 1.56. The van der Waals surface area contributed by atoms with Crippen molar-refractivity contribution in [1.29, 1.82) is 0 Å². The van der Waals surface area contributed by atoms with Crippen LogP contribution in [0.3, 0.4) is 0 Å². The normalized spacial score (nSPS) is 22.5. The summed E-state index contributed by atoms with van der Waals surface area (Å²) in [6.45, 7) is 2.91.